The molecule has 0 spiro atoms. The minimum absolute atomic E-state index is 0.0792. The molecule has 21 heavy (non-hydrogen) atoms. The van der Waals surface area contributed by atoms with Crippen molar-refractivity contribution in [1.82, 2.24) is 9.55 Å². The summed E-state index contributed by atoms with van der Waals surface area (Å²) in [5.74, 6) is -0.830. The van der Waals surface area contributed by atoms with Crippen molar-refractivity contribution in [1.29, 1.82) is 0 Å². The first-order chi connectivity index (χ1) is 9.64. The van der Waals surface area contributed by atoms with Gasteiger partial charge in [-0.15, -0.1) is 0 Å². The van der Waals surface area contributed by atoms with Gasteiger partial charge in [0.15, 0.2) is 0 Å². The van der Waals surface area contributed by atoms with Crippen LogP contribution in [-0.2, 0) is 15.7 Å². The summed E-state index contributed by atoms with van der Waals surface area (Å²) in [4.78, 5) is 15.7. The zero-order chi connectivity index (χ0) is 15.8. The summed E-state index contributed by atoms with van der Waals surface area (Å²) in [6.45, 7) is 9.78. The molecule has 1 aromatic carbocycles. The zero-order valence-corrected chi connectivity index (χ0v) is 13.2. The van der Waals surface area contributed by atoms with Gasteiger partial charge in [0.25, 0.3) is 0 Å². The molecule has 0 saturated heterocycles. The van der Waals surface area contributed by atoms with Crippen LogP contribution < -0.4 is 0 Å². The number of imidazole rings is 1. The van der Waals surface area contributed by atoms with E-state index in [0.29, 0.717) is 0 Å². The summed E-state index contributed by atoms with van der Waals surface area (Å²) in [5, 5.41) is 9.38. The van der Waals surface area contributed by atoms with Crippen molar-refractivity contribution in [3.63, 3.8) is 0 Å². The summed E-state index contributed by atoms with van der Waals surface area (Å²) in [5.41, 5.74) is 1.76. The third-order valence-electron chi connectivity index (χ3n) is 3.78. The Morgan fingerprint density at radius 1 is 1.19 bits per heavy atom. The molecule has 4 heteroatoms. The van der Waals surface area contributed by atoms with E-state index in [1.165, 1.54) is 0 Å². The van der Waals surface area contributed by atoms with Crippen molar-refractivity contribution in [2.75, 3.05) is 0 Å². The molecule has 0 fully saturated rings. The van der Waals surface area contributed by atoms with Crippen molar-refractivity contribution in [3.8, 4) is 11.3 Å². The van der Waals surface area contributed by atoms with Crippen LogP contribution in [0.3, 0.4) is 0 Å². The van der Waals surface area contributed by atoms with E-state index in [-0.39, 0.29) is 5.54 Å². The van der Waals surface area contributed by atoms with Crippen molar-refractivity contribution in [2.24, 2.45) is 0 Å². The van der Waals surface area contributed by atoms with Crippen molar-refractivity contribution >= 4 is 5.97 Å². The lowest BCUT2D eigenvalue weighted by Crippen LogP contribution is -2.28. The van der Waals surface area contributed by atoms with Crippen LogP contribution in [0.4, 0.5) is 0 Å². The van der Waals surface area contributed by atoms with Gasteiger partial charge in [0, 0.05) is 11.1 Å². The molecule has 0 saturated carbocycles. The molecular weight excluding hydrogens is 264 g/mol. The standard InChI is InChI=1S/C17H22N2O2/c1-16(2,3)19-11-18-10-14(19)12-7-6-8-13(9-12)17(4,5)15(20)21/h6-11H,1-5H3,(H,20,21). The Balaban J connectivity index is 2.54. The zero-order valence-electron chi connectivity index (χ0n) is 13.2. The molecular formula is C17H22N2O2. The van der Waals surface area contributed by atoms with Gasteiger partial charge in [0.05, 0.1) is 23.6 Å². The fourth-order valence-corrected chi connectivity index (χ4v) is 2.23. The van der Waals surface area contributed by atoms with E-state index >= 15 is 0 Å². The Kier molecular flexibility index (Phi) is 3.66. The summed E-state index contributed by atoms with van der Waals surface area (Å²) < 4.78 is 2.10. The first-order valence-corrected chi connectivity index (χ1v) is 7.01. The van der Waals surface area contributed by atoms with Gasteiger partial charge in [-0.3, -0.25) is 4.79 Å². The van der Waals surface area contributed by atoms with E-state index < -0.39 is 11.4 Å². The van der Waals surface area contributed by atoms with E-state index in [9.17, 15) is 9.90 Å². The normalized spacial score (nSPS) is 12.4. The van der Waals surface area contributed by atoms with E-state index in [1.807, 2.05) is 36.8 Å². The number of carboxylic acids is 1. The minimum atomic E-state index is -0.914. The molecule has 0 bridgehead atoms. The molecule has 2 rings (SSSR count). The number of carbonyl (C=O) groups is 1. The van der Waals surface area contributed by atoms with Crippen LogP contribution in [0.2, 0.25) is 0 Å². The van der Waals surface area contributed by atoms with E-state index in [4.69, 9.17) is 0 Å². The number of hydrogen-bond donors (Lipinski definition) is 1. The molecule has 1 aromatic heterocycles. The van der Waals surface area contributed by atoms with E-state index in [0.717, 1.165) is 16.8 Å². The molecule has 0 unspecified atom stereocenters. The van der Waals surface area contributed by atoms with Crippen LogP contribution in [-0.4, -0.2) is 20.6 Å². The number of benzene rings is 1. The molecule has 0 aliphatic rings. The Bertz CT molecular complexity index is 663. The molecule has 0 atom stereocenters. The maximum Gasteiger partial charge on any atom is 0.313 e. The predicted molar refractivity (Wildman–Crippen MR) is 83.3 cm³/mol. The SMILES string of the molecule is CC(C)(C(=O)O)c1cccc(-c2cncn2C(C)(C)C)c1. The molecule has 0 aliphatic heterocycles. The lowest BCUT2D eigenvalue weighted by Gasteiger charge is -2.25. The van der Waals surface area contributed by atoms with Gasteiger partial charge >= 0.3 is 5.97 Å². The molecule has 0 amide bonds. The molecule has 2 aromatic rings. The molecule has 0 aliphatic carbocycles. The first-order valence-electron chi connectivity index (χ1n) is 7.01. The Morgan fingerprint density at radius 3 is 2.43 bits per heavy atom. The second kappa shape index (κ2) is 5.02. The fraction of sp³-hybridized carbons (Fsp3) is 0.412. The second-order valence-electron chi connectivity index (χ2n) is 6.83. The number of carboxylic acid groups (broad SMARTS) is 1. The highest BCUT2D eigenvalue weighted by Gasteiger charge is 2.29. The van der Waals surface area contributed by atoms with Gasteiger partial charge < -0.3 is 9.67 Å². The third-order valence-corrected chi connectivity index (χ3v) is 3.78. The topological polar surface area (TPSA) is 55.1 Å². The fourth-order valence-electron chi connectivity index (χ4n) is 2.23. The minimum Gasteiger partial charge on any atom is -0.481 e. The third kappa shape index (κ3) is 2.84. The lowest BCUT2D eigenvalue weighted by molar-refractivity contribution is -0.142. The van der Waals surface area contributed by atoms with E-state index in [1.54, 1.807) is 13.8 Å². The summed E-state index contributed by atoms with van der Waals surface area (Å²) in [6, 6.07) is 7.68. The molecule has 0 radical (unpaired) electrons. The van der Waals surface area contributed by atoms with Crippen LogP contribution in [0.15, 0.2) is 36.8 Å². The van der Waals surface area contributed by atoms with Gasteiger partial charge in [-0.2, -0.15) is 0 Å². The summed E-state index contributed by atoms with van der Waals surface area (Å²) in [6.07, 6.45) is 3.63. The quantitative estimate of drug-likeness (QED) is 0.936. The molecule has 112 valence electrons. The lowest BCUT2D eigenvalue weighted by atomic mass is 9.84. The van der Waals surface area contributed by atoms with Gasteiger partial charge in [0.1, 0.15) is 0 Å². The highest BCUT2D eigenvalue weighted by Crippen LogP contribution is 2.30. The van der Waals surface area contributed by atoms with Crippen LogP contribution in [0.5, 0.6) is 0 Å². The average molecular weight is 286 g/mol. The number of rotatable bonds is 3. The van der Waals surface area contributed by atoms with Gasteiger partial charge in [-0.1, -0.05) is 18.2 Å². The van der Waals surface area contributed by atoms with Crippen molar-refractivity contribution in [3.05, 3.63) is 42.4 Å². The highest BCUT2D eigenvalue weighted by molar-refractivity contribution is 5.81. The van der Waals surface area contributed by atoms with Crippen LogP contribution >= 0.6 is 0 Å². The predicted octanol–water partition coefficient (Wildman–Crippen LogP) is 3.67. The number of aromatic nitrogens is 2. The van der Waals surface area contributed by atoms with Gasteiger partial charge in [-0.05, 0) is 46.2 Å². The summed E-state index contributed by atoms with van der Waals surface area (Å²) >= 11 is 0. The second-order valence-corrected chi connectivity index (χ2v) is 6.83. The molecule has 1 N–H and O–H groups in total. The molecule has 1 heterocycles. The maximum absolute atomic E-state index is 11.4. The average Bonchev–Trinajstić information content (AvgIpc) is 2.87. The largest absolute Gasteiger partial charge is 0.481 e. The van der Waals surface area contributed by atoms with Gasteiger partial charge in [0.2, 0.25) is 0 Å². The highest BCUT2D eigenvalue weighted by atomic mass is 16.4. The molecule has 4 nitrogen and oxygen atoms in total. The smallest absolute Gasteiger partial charge is 0.313 e. The number of nitrogens with zero attached hydrogens (tertiary/aromatic N) is 2. The van der Waals surface area contributed by atoms with Crippen molar-refractivity contribution in [2.45, 2.75) is 45.6 Å². The first kappa shape index (κ1) is 15.3. The number of hydrogen-bond acceptors (Lipinski definition) is 2. The van der Waals surface area contributed by atoms with Crippen molar-refractivity contribution < 1.29 is 9.90 Å². The van der Waals surface area contributed by atoms with Gasteiger partial charge in [-0.25, -0.2) is 4.98 Å². The number of aliphatic carboxylic acids is 1. The Morgan fingerprint density at radius 2 is 1.86 bits per heavy atom. The monoisotopic (exact) mass is 286 g/mol. The maximum atomic E-state index is 11.4. The summed E-state index contributed by atoms with van der Waals surface area (Å²) in [7, 11) is 0. The Hall–Kier alpha value is -2.10. The van der Waals surface area contributed by atoms with Crippen LogP contribution in [0.1, 0.15) is 40.2 Å². The van der Waals surface area contributed by atoms with Crippen LogP contribution in [0, 0.1) is 0 Å². The van der Waals surface area contributed by atoms with Crippen LogP contribution in [0.25, 0.3) is 11.3 Å². The van der Waals surface area contributed by atoms with E-state index in [2.05, 4.69) is 30.3 Å². The Labute approximate surface area is 125 Å².